The van der Waals surface area contributed by atoms with Gasteiger partial charge in [0.25, 0.3) is 0 Å². The first-order chi connectivity index (χ1) is 8.36. The first-order valence-electron chi connectivity index (χ1n) is 7.83. The third-order valence-corrected chi connectivity index (χ3v) is 4.62. The van der Waals surface area contributed by atoms with Crippen LogP contribution in [-0.2, 0) is 0 Å². The van der Waals surface area contributed by atoms with Crippen molar-refractivity contribution in [2.24, 2.45) is 11.3 Å². The Bertz CT molecular complexity index is 239. The minimum Gasteiger partial charge on any atom is -0.314 e. The van der Waals surface area contributed by atoms with Crippen LogP contribution in [0.5, 0.6) is 0 Å². The van der Waals surface area contributed by atoms with Crippen LogP contribution < -0.4 is 5.32 Å². The highest BCUT2D eigenvalue weighted by Gasteiger charge is 2.30. The second-order valence-electron chi connectivity index (χ2n) is 7.16. The van der Waals surface area contributed by atoms with Gasteiger partial charge in [-0.3, -0.25) is 4.90 Å². The molecule has 3 atom stereocenters. The van der Waals surface area contributed by atoms with E-state index >= 15 is 0 Å². The van der Waals surface area contributed by atoms with Crippen molar-refractivity contribution in [3.63, 3.8) is 0 Å². The van der Waals surface area contributed by atoms with Crippen molar-refractivity contribution < 1.29 is 0 Å². The third-order valence-electron chi connectivity index (χ3n) is 4.62. The zero-order chi connectivity index (χ0) is 13.8. The average molecular weight is 254 g/mol. The molecule has 18 heavy (non-hydrogen) atoms. The molecule has 0 aromatic carbocycles. The number of rotatable bonds is 6. The molecule has 0 amide bonds. The van der Waals surface area contributed by atoms with Crippen LogP contribution in [0.1, 0.15) is 60.8 Å². The Morgan fingerprint density at radius 3 is 2.50 bits per heavy atom. The fourth-order valence-corrected chi connectivity index (χ4v) is 2.83. The zero-order valence-electron chi connectivity index (χ0n) is 13.4. The zero-order valence-corrected chi connectivity index (χ0v) is 13.4. The molecule has 1 aliphatic heterocycles. The molecule has 1 heterocycles. The lowest BCUT2D eigenvalue weighted by Gasteiger charge is -2.42. The summed E-state index contributed by atoms with van der Waals surface area (Å²) in [6.07, 6.45) is 4.04. The van der Waals surface area contributed by atoms with Gasteiger partial charge in [-0.2, -0.15) is 0 Å². The number of nitrogens with one attached hydrogen (secondary N) is 1. The van der Waals surface area contributed by atoms with Crippen LogP contribution in [0, 0.1) is 11.3 Å². The fraction of sp³-hybridized carbons (Fsp3) is 1.00. The van der Waals surface area contributed by atoms with Crippen molar-refractivity contribution in [2.45, 2.75) is 72.9 Å². The maximum absolute atomic E-state index is 3.63. The molecule has 0 aliphatic carbocycles. The Kier molecular flexibility index (Phi) is 6.13. The van der Waals surface area contributed by atoms with Crippen LogP contribution in [0.2, 0.25) is 0 Å². The van der Waals surface area contributed by atoms with Gasteiger partial charge in [-0.25, -0.2) is 0 Å². The average Bonchev–Trinajstić information content (AvgIpc) is 2.31. The topological polar surface area (TPSA) is 15.3 Å². The minimum absolute atomic E-state index is 0.412. The van der Waals surface area contributed by atoms with Gasteiger partial charge in [-0.15, -0.1) is 0 Å². The molecule has 1 N–H and O–H groups in total. The molecule has 0 bridgehead atoms. The SMILES string of the molecule is CCC(C)(CNC(C)C)CN1CC(C)CCC1C. The molecule has 3 unspecified atom stereocenters. The highest BCUT2D eigenvalue weighted by molar-refractivity contribution is 4.85. The first-order valence-corrected chi connectivity index (χ1v) is 7.83. The number of piperidine rings is 1. The lowest BCUT2D eigenvalue weighted by Crippen LogP contribution is -2.49. The third kappa shape index (κ3) is 4.89. The van der Waals surface area contributed by atoms with Crippen LogP contribution >= 0.6 is 0 Å². The standard InChI is InChI=1S/C16H34N2/c1-7-16(6,11-17-13(2)3)12-18-10-14(4)8-9-15(18)5/h13-15,17H,7-12H2,1-6H3. The molecular weight excluding hydrogens is 220 g/mol. The van der Waals surface area contributed by atoms with Crippen molar-refractivity contribution in [2.75, 3.05) is 19.6 Å². The summed E-state index contributed by atoms with van der Waals surface area (Å²) < 4.78 is 0. The molecule has 0 radical (unpaired) electrons. The Balaban J connectivity index is 2.54. The van der Waals surface area contributed by atoms with E-state index in [2.05, 4.69) is 51.8 Å². The van der Waals surface area contributed by atoms with E-state index in [0.29, 0.717) is 11.5 Å². The molecule has 0 aromatic heterocycles. The van der Waals surface area contributed by atoms with Crippen molar-refractivity contribution in [3.8, 4) is 0 Å². The lowest BCUT2D eigenvalue weighted by atomic mass is 9.84. The summed E-state index contributed by atoms with van der Waals surface area (Å²) in [7, 11) is 0. The number of hydrogen-bond donors (Lipinski definition) is 1. The maximum atomic E-state index is 3.63. The normalized spacial score (nSPS) is 29.5. The van der Waals surface area contributed by atoms with E-state index in [1.165, 1.54) is 32.4 Å². The molecule has 1 saturated heterocycles. The van der Waals surface area contributed by atoms with Gasteiger partial charge in [-0.05, 0) is 37.5 Å². The molecular formula is C16H34N2. The molecule has 2 nitrogen and oxygen atoms in total. The predicted octanol–water partition coefficient (Wildman–Crippen LogP) is 3.52. The summed E-state index contributed by atoms with van der Waals surface area (Å²) >= 11 is 0. The van der Waals surface area contributed by atoms with Crippen molar-refractivity contribution >= 4 is 0 Å². The Hall–Kier alpha value is -0.0800. The first kappa shape index (κ1) is 16.0. The van der Waals surface area contributed by atoms with Crippen LogP contribution in [-0.4, -0.2) is 36.6 Å². The molecule has 1 aliphatic rings. The maximum Gasteiger partial charge on any atom is 0.00673 e. The summed E-state index contributed by atoms with van der Waals surface area (Å²) in [6, 6.07) is 1.36. The van der Waals surface area contributed by atoms with Crippen molar-refractivity contribution in [1.82, 2.24) is 10.2 Å². The fourth-order valence-electron chi connectivity index (χ4n) is 2.83. The minimum atomic E-state index is 0.412. The summed E-state index contributed by atoms with van der Waals surface area (Å²) in [6.45, 7) is 17.7. The molecule has 1 rings (SSSR count). The van der Waals surface area contributed by atoms with E-state index in [-0.39, 0.29) is 0 Å². The Labute approximate surface area is 115 Å². The van der Waals surface area contributed by atoms with E-state index in [0.717, 1.165) is 18.5 Å². The predicted molar refractivity (Wildman–Crippen MR) is 81.0 cm³/mol. The number of likely N-dealkylation sites (tertiary alicyclic amines) is 1. The smallest absolute Gasteiger partial charge is 0.00673 e. The highest BCUT2D eigenvalue weighted by Crippen LogP contribution is 2.28. The van der Waals surface area contributed by atoms with Crippen LogP contribution in [0.4, 0.5) is 0 Å². The molecule has 108 valence electrons. The number of nitrogens with zero attached hydrogens (tertiary/aromatic N) is 1. The molecule has 2 heteroatoms. The molecule has 0 aromatic rings. The van der Waals surface area contributed by atoms with Crippen LogP contribution in [0.25, 0.3) is 0 Å². The summed E-state index contributed by atoms with van der Waals surface area (Å²) in [4.78, 5) is 2.72. The number of hydrogen-bond acceptors (Lipinski definition) is 2. The molecule has 0 saturated carbocycles. The van der Waals surface area contributed by atoms with Gasteiger partial charge in [0.2, 0.25) is 0 Å². The van der Waals surface area contributed by atoms with Gasteiger partial charge >= 0.3 is 0 Å². The van der Waals surface area contributed by atoms with E-state index in [1.807, 2.05) is 0 Å². The largest absolute Gasteiger partial charge is 0.314 e. The second-order valence-corrected chi connectivity index (χ2v) is 7.16. The van der Waals surface area contributed by atoms with Crippen LogP contribution in [0.3, 0.4) is 0 Å². The quantitative estimate of drug-likeness (QED) is 0.780. The van der Waals surface area contributed by atoms with E-state index in [9.17, 15) is 0 Å². The van der Waals surface area contributed by atoms with Gasteiger partial charge in [-0.1, -0.05) is 34.6 Å². The monoisotopic (exact) mass is 254 g/mol. The second kappa shape index (κ2) is 6.91. The summed E-state index contributed by atoms with van der Waals surface area (Å²) in [5.74, 6) is 0.875. The summed E-state index contributed by atoms with van der Waals surface area (Å²) in [5.41, 5.74) is 0.412. The Morgan fingerprint density at radius 1 is 1.28 bits per heavy atom. The highest BCUT2D eigenvalue weighted by atomic mass is 15.2. The molecule has 1 fully saturated rings. The van der Waals surface area contributed by atoms with Gasteiger partial charge in [0.1, 0.15) is 0 Å². The Morgan fingerprint density at radius 2 is 1.94 bits per heavy atom. The lowest BCUT2D eigenvalue weighted by molar-refractivity contribution is 0.0700. The summed E-state index contributed by atoms with van der Waals surface area (Å²) in [5, 5.41) is 3.63. The van der Waals surface area contributed by atoms with Gasteiger partial charge < -0.3 is 5.32 Å². The van der Waals surface area contributed by atoms with Gasteiger partial charge in [0, 0.05) is 31.7 Å². The van der Waals surface area contributed by atoms with Gasteiger partial charge in [0.05, 0.1) is 0 Å². The van der Waals surface area contributed by atoms with Crippen molar-refractivity contribution in [3.05, 3.63) is 0 Å². The van der Waals surface area contributed by atoms with Gasteiger partial charge in [0.15, 0.2) is 0 Å². The van der Waals surface area contributed by atoms with Crippen LogP contribution in [0.15, 0.2) is 0 Å². The van der Waals surface area contributed by atoms with E-state index < -0.39 is 0 Å². The van der Waals surface area contributed by atoms with Crippen molar-refractivity contribution in [1.29, 1.82) is 0 Å². The van der Waals surface area contributed by atoms with E-state index in [4.69, 9.17) is 0 Å². The van der Waals surface area contributed by atoms with E-state index in [1.54, 1.807) is 0 Å². The molecule has 0 spiro atoms.